The summed E-state index contributed by atoms with van der Waals surface area (Å²) in [5.74, 6) is 1.17. The van der Waals surface area contributed by atoms with Crippen molar-refractivity contribution in [2.45, 2.75) is 39.5 Å². The molecule has 0 heterocycles. The number of rotatable bonds is 2. The van der Waals surface area contributed by atoms with E-state index >= 15 is 0 Å². The van der Waals surface area contributed by atoms with Crippen LogP contribution in [-0.4, -0.2) is 0 Å². The molecule has 0 spiro atoms. The first-order chi connectivity index (χ1) is 7.61. The van der Waals surface area contributed by atoms with Crippen LogP contribution in [0.1, 0.15) is 50.7 Å². The summed E-state index contributed by atoms with van der Waals surface area (Å²) in [6, 6.07) is 9.87. The van der Waals surface area contributed by atoms with Gasteiger partial charge in [0.25, 0.3) is 0 Å². The fourth-order valence-corrected chi connectivity index (χ4v) is 1.18. The molecule has 0 aliphatic heterocycles. The van der Waals surface area contributed by atoms with Gasteiger partial charge in [0.15, 0.2) is 0 Å². The van der Waals surface area contributed by atoms with E-state index in [0.29, 0.717) is 11.8 Å². The maximum atomic E-state index is 5.03. The molecule has 0 N–H and O–H groups in total. The Morgan fingerprint density at radius 3 is 1.41 bits per heavy atom. The van der Waals surface area contributed by atoms with Crippen LogP contribution in [0.4, 0.5) is 0 Å². The van der Waals surface area contributed by atoms with E-state index < -0.39 is 11.9 Å². The summed E-state index contributed by atoms with van der Waals surface area (Å²) in [5, 5.41) is 0. The third kappa shape index (κ3) is 10.7. The standard InChI is InChI=1S/C12H17.4ClH.W/c1-9(2)11-6-5-7-12(8-11)10(3)4;;;;;/h5-7,9-10H,1-4H3;4*1H;/q-1;;;;;+4/p-4. The van der Waals surface area contributed by atoms with Crippen molar-refractivity contribution in [3.05, 3.63) is 35.4 Å². The van der Waals surface area contributed by atoms with Crippen LogP contribution in [0.2, 0.25) is 0 Å². The number of halogens is 4. The molecule has 1 aromatic carbocycles. The van der Waals surface area contributed by atoms with Gasteiger partial charge in [-0.05, 0) is 11.8 Å². The summed E-state index contributed by atoms with van der Waals surface area (Å²) in [4.78, 5) is 0. The molecule has 1 aromatic rings. The van der Waals surface area contributed by atoms with Crippen molar-refractivity contribution in [1.29, 1.82) is 0 Å². The van der Waals surface area contributed by atoms with Crippen molar-refractivity contribution in [2.75, 3.05) is 0 Å². The summed E-state index contributed by atoms with van der Waals surface area (Å²) in [6.07, 6.45) is 0. The number of hydrogen-bond donors (Lipinski definition) is 0. The zero-order chi connectivity index (χ0) is 13.6. The Morgan fingerprint density at radius 1 is 0.882 bits per heavy atom. The van der Waals surface area contributed by atoms with Crippen LogP contribution in [-0.2, 0) is 11.9 Å². The first-order valence-corrected chi connectivity index (χ1v) is 19.8. The summed E-state index contributed by atoms with van der Waals surface area (Å²) in [5.41, 5.74) is 2.64. The van der Waals surface area contributed by atoms with E-state index in [-0.39, 0.29) is 0 Å². The summed E-state index contributed by atoms with van der Waals surface area (Å²) < 4.78 is 0. The maximum absolute atomic E-state index is 5.03. The minimum absolute atomic E-state index is 0.587. The van der Waals surface area contributed by atoms with Gasteiger partial charge in [0, 0.05) is 0 Å². The molecule has 0 bridgehead atoms. The molecule has 0 amide bonds. The Morgan fingerprint density at radius 2 is 1.18 bits per heavy atom. The van der Waals surface area contributed by atoms with Crippen LogP contribution < -0.4 is 0 Å². The molecule has 0 atom stereocenters. The van der Waals surface area contributed by atoms with E-state index in [0.717, 1.165) is 0 Å². The zero-order valence-corrected chi connectivity index (χ0v) is 16.3. The third-order valence-electron chi connectivity index (χ3n) is 2.08. The second-order valence-electron chi connectivity index (χ2n) is 4.22. The molecule has 17 heavy (non-hydrogen) atoms. The molecule has 100 valence electrons. The van der Waals surface area contributed by atoms with Crippen molar-refractivity contribution in [2.24, 2.45) is 0 Å². The number of hydrogen-bond acceptors (Lipinski definition) is 0. The van der Waals surface area contributed by atoms with Crippen LogP contribution in [0.5, 0.6) is 0 Å². The second kappa shape index (κ2) is 8.28. The molecule has 0 unspecified atom stereocenters. The number of benzene rings is 1. The first kappa shape index (κ1) is 18.1. The molecule has 0 aliphatic carbocycles. The van der Waals surface area contributed by atoms with Crippen molar-refractivity contribution < 1.29 is 11.9 Å². The van der Waals surface area contributed by atoms with E-state index in [1.807, 2.05) is 0 Å². The van der Waals surface area contributed by atoms with Gasteiger partial charge < -0.3 is 0 Å². The van der Waals surface area contributed by atoms with Gasteiger partial charge in [-0.2, -0.15) is 35.4 Å². The van der Waals surface area contributed by atoms with Gasteiger partial charge in [0.05, 0.1) is 0 Å². The predicted molar refractivity (Wildman–Crippen MR) is 76.9 cm³/mol. The molecule has 1 rings (SSSR count). The molecular weight excluding hydrogens is 470 g/mol. The predicted octanol–water partition coefficient (Wildman–Crippen LogP) is 6.49. The van der Waals surface area contributed by atoms with Gasteiger partial charge in [-0.1, -0.05) is 27.7 Å². The van der Waals surface area contributed by atoms with Crippen LogP contribution in [0.3, 0.4) is 0 Å². The molecule has 5 heteroatoms. The van der Waals surface area contributed by atoms with Gasteiger partial charge in [-0.15, -0.1) is 0 Å². The fourth-order valence-electron chi connectivity index (χ4n) is 1.18. The quantitative estimate of drug-likeness (QED) is 0.419. The molecular formula is C12H17Cl4W-. The topological polar surface area (TPSA) is 0 Å². The second-order valence-corrected chi connectivity index (χ2v) is 29.6. The van der Waals surface area contributed by atoms with E-state index in [2.05, 4.69) is 52.0 Å². The van der Waals surface area contributed by atoms with Gasteiger partial charge in [-0.3, -0.25) is 0 Å². The Labute approximate surface area is 123 Å². The van der Waals surface area contributed by atoms with E-state index in [1.54, 1.807) is 0 Å². The van der Waals surface area contributed by atoms with Crippen LogP contribution in [0.25, 0.3) is 0 Å². The van der Waals surface area contributed by atoms with E-state index in [4.69, 9.17) is 37.7 Å². The summed E-state index contributed by atoms with van der Waals surface area (Å²) in [7, 11) is 20.1. The van der Waals surface area contributed by atoms with Gasteiger partial charge in [0.2, 0.25) is 0 Å². The molecule has 0 fully saturated rings. The zero-order valence-electron chi connectivity index (χ0n) is 10.3. The van der Waals surface area contributed by atoms with Crippen molar-refractivity contribution in [1.82, 2.24) is 0 Å². The van der Waals surface area contributed by atoms with E-state index in [1.165, 1.54) is 11.1 Å². The van der Waals surface area contributed by atoms with Gasteiger partial charge in [0.1, 0.15) is 0 Å². The molecule has 0 saturated carbocycles. The minimum atomic E-state index is -3.28. The summed E-state index contributed by atoms with van der Waals surface area (Å²) in [6.45, 7) is 8.82. The Balaban J connectivity index is 0.000000437. The average molecular weight is 487 g/mol. The third-order valence-corrected chi connectivity index (χ3v) is 2.08. The normalized spacial score (nSPS) is 12.4. The van der Waals surface area contributed by atoms with Crippen molar-refractivity contribution in [3.8, 4) is 0 Å². The van der Waals surface area contributed by atoms with Crippen LogP contribution >= 0.6 is 37.7 Å². The fraction of sp³-hybridized carbons (Fsp3) is 0.500. The SMILES string of the molecule is CC(C)c1[c-]c(C(C)C)ccc1.[Cl][W]([Cl])([Cl])[Cl]. The van der Waals surface area contributed by atoms with Crippen LogP contribution in [0.15, 0.2) is 18.2 Å². The Bertz CT molecular complexity index is 302. The first-order valence-electron chi connectivity index (χ1n) is 5.25. The molecule has 0 radical (unpaired) electrons. The van der Waals surface area contributed by atoms with Gasteiger partial charge >= 0.3 is 49.6 Å². The Hall–Kier alpha value is 1.07. The average Bonchev–Trinajstić information content (AvgIpc) is 2.15. The van der Waals surface area contributed by atoms with Crippen molar-refractivity contribution in [3.63, 3.8) is 0 Å². The van der Waals surface area contributed by atoms with Gasteiger partial charge in [-0.25, -0.2) is 0 Å². The van der Waals surface area contributed by atoms with Crippen molar-refractivity contribution >= 4 is 37.7 Å². The molecule has 0 aliphatic rings. The molecule has 0 aromatic heterocycles. The molecule has 0 nitrogen and oxygen atoms in total. The van der Waals surface area contributed by atoms with Crippen LogP contribution in [0, 0.1) is 6.07 Å². The van der Waals surface area contributed by atoms with E-state index in [9.17, 15) is 0 Å². The Kier molecular flexibility index (Phi) is 8.80. The molecule has 0 saturated heterocycles. The monoisotopic (exact) mass is 485 g/mol. The summed E-state index contributed by atoms with van der Waals surface area (Å²) >= 11 is -3.28.